The van der Waals surface area contributed by atoms with Crippen LogP contribution in [0, 0.1) is 40.5 Å². The number of anilines is 1. The highest BCUT2D eigenvalue weighted by molar-refractivity contribution is 5.74. The summed E-state index contributed by atoms with van der Waals surface area (Å²) in [5.41, 5.74) is -0.969. The second-order valence-electron chi connectivity index (χ2n) is 7.53. The van der Waals surface area contributed by atoms with Crippen LogP contribution in [0.5, 0.6) is 0 Å². The topological polar surface area (TPSA) is 176 Å². The number of nitro groups is 4. The quantitative estimate of drug-likeness (QED) is 0.337. The molecule has 3 aromatic rings. The summed E-state index contributed by atoms with van der Waals surface area (Å²) < 4.78 is 0. The minimum Gasteiger partial charge on any atom is -0.356 e. The molecule has 4 rings (SSSR count). The van der Waals surface area contributed by atoms with Crippen molar-refractivity contribution >= 4 is 34.5 Å². The normalized spacial score (nSPS) is 12.3. The zero-order valence-electron chi connectivity index (χ0n) is 17.7. The van der Waals surface area contributed by atoms with Crippen molar-refractivity contribution in [3.05, 3.63) is 124 Å². The van der Waals surface area contributed by atoms with Gasteiger partial charge in [-0.2, -0.15) is 0 Å². The number of fused-ring (bicyclic) bond motifs is 1. The van der Waals surface area contributed by atoms with Crippen LogP contribution in [0.3, 0.4) is 0 Å². The molecule has 0 unspecified atom stereocenters. The Balaban J connectivity index is 2.04. The van der Waals surface area contributed by atoms with E-state index in [1.807, 2.05) is 6.08 Å². The van der Waals surface area contributed by atoms with Crippen molar-refractivity contribution in [1.29, 1.82) is 0 Å². The van der Waals surface area contributed by atoms with Gasteiger partial charge in [-0.05, 0) is 23.8 Å². The van der Waals surface area contributed by atoms with Gasteiger partial charge in [0.2, 0.25) is 0 Å². The second-order valence-corrected chi connectivity index (χ2v) is 7.53. The fourth-order valence-corrected chi connectivity index (χ4v) is 4.10. The minimum atomic E-state index is -1.16. The van der Waals surface area contributed by atoms with Gasteiger partial charge in [0, 0.05) is 24.4 Å². The molecule has 1 heterocycles. The fourth-order valence-electron chi connectivity index (χ4n) is 4.10. The molecule has 0 saturated heterocycles. The van der Waals surface area contributed by atoms with Gasteiger partial charge in [0.15, 0.2) is 0 Å². The summed E-state index contributed by atoms with van der Waals surface area (Å²) in [6.45, 7) is 0.198. The van der Waals surface area contributed by atoms with Gasteiger partial charge in [-0.15, -0.1) is 0 Å². The summed E-state index contributed by atoms with van der Waals surface area (Å²) in [7, 11) is 0. The largest absolute Gasteiger partial charge is 0.356 e. The summed E-state index contributed by atoms with van der Waals surface area (Å²) >= 11 is 0. The minimum absolute atomic E-state index is 0.0392. The van der Waals surface area contributed by atoms with Crippen molar-refractivity contribution < 1.29 is 19.7 Å². The maximum atomic E-state index is 12.0. The number of hydrogen-bond acceptors (Lipinski definition) is 9. The van der Waals surface area contributed by atoms with E-state index in [0.29, 0.717) is 5.69 Å². The monoisotopic (exact) mass is 477 g/mol. The third kappa shape index (κ3) is 4.25. The lowest BCUT2D eigenvalue weighted by molar-refractivity contribution is -0.395. The number of benzene rings is 3. The SMILES string of the molecule is O=[N+]([O-])c1ccc(C(c2ccc([N+](=O)[O-])cc2[N+](=O)[O-])N2CC=Cc3ccccc32)c([N+](=O)[O-])c1. The average molecular weight is 477 g/mol. The summed E-state index contributed by atoms with van der Waals surface area (Å²) in [6, 6.07) is 12.0. The van der Waals surface area contributed by atoms with Crippen LogP contribution < -0.4 is 4.90 Å². The molecule has 0 fully saturated rings. The number of rotatable bonds is 7. The van der Waals surface area contributed by atoms with Gasteiger partial charge in [0.25, 0.3) is 22.7 Å². The molecular weight excluding hydrogens is 462 g/mol. The average Bonchev–Trinajstić information content (AvgIpc) is 2.84. The molecule has 35 heavy (non-hydrogen) atoms. The van der Waals surface area contributed by atoms with Crippen LogP contribution in [0.15, 0.2) is 66.7 Å². The Morgan fingerprint density at radius 1 is 0.686 bits per heavy atom. The van der Waals surface area contributed by atoms with Gasteiger partial charge >= 0.3 is 0 Å². The summed E-state index contributed by atoms with van der Waals surface area (Å²) in [5, 5.41) is 46.4. The number of hydrogen-bond donors (Lipinski definition) is 0. The first-order valence-electron chi connectivity index (χ1n) is 10.1. The third-order valence-electron chi connectivity index (χ3n) is 5.59. The predicted molar refractivity (Wildman–Crippen MR) is 124 cm³/mol. The molecule has 0 saturated carbocycles. The van der Waals surface area contributed by atoms with E-state index in [9.17, 15) is 40.5 Å². The molecule has 0 aromatic heterocycles. The molecule has 1 aliphatic heterocycles. The van der Waals surface area contributed by atoms with Crippen molar-refractivity contribution in [2.24, 2.45) is 0 Å². The van der Waals surface area contributed by atoms with Gasteiger partial charge < -0.3 is 4.90 Å². The van der Waals surface area contributed by atoms with E-state index in [0.717, 1.165) is 29.8 Å². The van der Waals surface area contributed by atoms with E-state index in [4.69, 9.17) is 0 Å². The highest BCUT2D eigenvalue weighted by Gasteiger charge is 2.36. The first-order chi connectivity index (χ1) is 16.7. The smallest absolute Gasteiger partial charge is 0.281 e. The van der Waals surface area contributed by atoms with E-state index >= 15 is 0 Å². The fraction of sp³-hybridized carbons (Fsp3) is 0.0909. The molecule has 0 aliphatic carbocycles. The van der Waals surface area contributed by atoms with Crippen LogP contribution in [0.2, 0.25) is 0 Å². The van der Waals surface area contributed by atoms with Gasteiger partial charge in [0.05, 0.1) is 49.0 Å². The molecule has 0 spiro atoms. The van der Waals surface area contributed by atoms with Crippen LogP contribution >= 0.6 is 0 Å². The molecule has 0 bridgehead atoms. The lowest BCUT2D eigenvalue weighted by atomic mass is 9.91. The van der Waals surface area contributed by atoms with Crippen LogP contribution in [-0.2, 0) is 0 Å². The van der Waals surface area contributed by atoms with Gasteiger partial charge in [-0.1, -0.05) is 30.4 Å². The Bertz CT molecular complexity index is 1350. The molecular formula is C22H15N5O8. The molecule has 13 nitrogen and oxygen atoms in total. The van der Waals surface area contributed by atoms with Gasteiger partial charge in [-0.3, -0.25) is 40.5 Å². The maximum Gasteiger partial charge on any atom is 0.281 e. The van der Waals surface area contributed by atoms with E-state index in [1.165, 1.54) is 12.1 Å². The number of nitrogens with zero attached hydrogens (tertiary/aromatic N) is 5. The number of nitro benzene ring substituents is 4. The standard InChI is InChI=1S/C22H15N5O8/c28-24(29)15-7-9-17(20(12-15)26(32)33)22(23-11-3-5-14-4-1-2-6-19(14)23)18-10-8-16(25(30)31)13-21(18)27(34)35/h1-10,12-13,22H,11H2. The molecule has 3 aromatic carbocycles. The lowest BCUT2D eigenvalue weighted by Gasteiger charge is -2.36. The molecule has 1 aliphatic rings. The van der Waals surface area contributed by atoms with Crippen molar-refractivity contribution in [1.82, 2.24) is 0 Å². The molecule has 0 atom stereocenters. The molecule has 0 radical (unpaired) electrons. The van der Waals surface area contributed by atoms with Crippen LogP contribution in [0.4, 0.5) is 28.4 Å². The summed E-state index contributed by atoms with van der Waals surface area (Å²) in [4.78, 5) is 44.9. The number of non-ortho nitro benzene ring substituents is 2. The van der Waals surface area contributed by atoms with Crippen LogP contribution in [-0.4, -0.2) is 26.2 Å². The van der Waals surface area contributed by atoms with E-state index in [1.54, 1.807) is 35.2 Å². The van der Waals surface area contributed by atoms with Crippen molar-refractivity contribution in [3.8, 4) is 0 Å². The van der Waals surface area contributed by atoms with E-state index in [-0.39, 0.29) is 17.7 Å². The van der Waals surface area contributed by atoms with Gasteiger partial charge in [-0.25, -0.2) is 0 Å². The van der Waals surface area contributed by atoms with Crippen molar-refractivity contribution in [2.45, 2.75) is 6.04 Å². The Labute approximate surface area is 196 Å². The molecule has 0 N–H and O–H groups in total. The third-order valence-corrected chi connectivity index (χ3v) is 5.59. The van der Waals surface area contributed by atoms with E-state index < -0.39 is 48.5 Å². The van der Waals surface area contributed by atoms with Crippen molar-refractivity contribution in [2.75, 3.05) is 11.4 Å². The van der Waals surface area contributed by atoms with E-state index in [2.05, 4.69) is 0 Å². The lowest BCUT2D eigenvalue weighted by Crippen LogP contribution is -2.32. The Morgan fingerprint density at radius 2 is 1.20 bits per heavy atom. The Morgan fingerprint density at radius 3 is 1.69 bits per heavy atom. The first kappa shape index (κ1) is 23.0. The van der Waals surface area contributed by atoms with Gasteiger partial charge in [0.1, 0.15) is 0 Å². The predicted octanol–water partition coefficient (Wildman–Crippen LogP) is 4.94. The molecule has 0 amide bonds. The second kappa shape index (κ2) is 8.97. The first-order valence-corrected chi connectivity index (χ1v) is 10.1. The molecule has 13 heteroatoms. The summed E-state index contributed by atoms with van der Waals surface area (Å²) in [5.74, 6) is 0. The zero-order valence-corrected chi connectivity index (χ0v) is 17.7. The number of para-hydroxylation sites is 1. The highest BCUT2D eigenvalue weighted by atomic mass is 16.6. The van der Waals surface area contributed by atoms with Crippen LogP contribution in [0.1, 0.15) is 22.7 Å². The Kier molecular flexibility index (Phi) is 5.89. The van der Waals surface area contributed by atoms with Crippen molar-refractivity contribution in [3.63, 3.8) is 0 Å². The Hall–Kier alpha value is -5.20. The molecule has 176 valence electrons. The summed E-state index contributed by atoms with van der Waals surface area (Å²) in [6.07, 6.45) is 3.60. The van der Waals surface area contributed by atoms with Crippen LogP contribution in [0.25, 0.3) is 6.08 Å². The zero-order chi connectivity index (χ0) is 25.3. The highest BCUT2D eigenvalue weighted by Crippen LogP contribution is 2.44. The maximum absolute atomic E-state index is 12.0.